The Morgan fingerprint density at radius 3 is 1.46 bits per heavy atom. The average molecular weight is 509 g/mol. The first-order valence-electron chi connectivity index (χ1n) is 12.7. The Kier molecular flexibility index (Phi) is 11.3. The lowest BCUT2D eigenvalue weighted by atomic mass is 10.1. The molecule has 2 aromatic rings. The molecule has 2 N–H and O–H groups in total. The molecule has 0 bridgehead atoms. The summed E-state index contributed by atoms with van der Waals surface area (Å²) in [6, 6.07) is 18.5. The molecule has 2 rings (SSSR count). The van der Waals surface area contributed by atoms with Crippen LogP contribution in [-0.2, 0) is 22.3 Å². The van der Waals surface area contributed by atoms with Crippen LogP contribution in [0.4, 0.5) is 21.0 Å². The van der Waals surface area contributed by atoms with Gasteiger partial charge >= 0.3 is 12.2 Å². The highest BCUT2D eigenvalue weighted by atomic mass is 16.6. The van der Waals surface area contributed by atoms with E-state index >= 15 is 0 Å². The van der Waals surface area contributed by atoms with Crippen LogP contribution in [0.2, 0.25) is 0 Å². The highest BCUT2D eigenvalue weighted by molar-refractivity contribution is 5.68. The van der Waals surface area contributed by atoms with E-state index in [1.165, 1.54) is 0 Å². The predicted molar refractivity (Wildman–Crippen MR) is 147 cm³/mol. The van der Waals surface area contributed by atoms with Gasteiger partial charge in [-0.25, -0.2) is 9.59 Å². The van der Waals surface area contributed by atoms with E-state index in [1.807, 2.05) is 90.1 Å². The molecule has 0 saturated heterocycles. The largest absolute Gasteiger partial charge is 0.444 e. The summed E-state index contributed by atoms with van der Waals surface area (Å²) in [6.07, 6.45) is 2.18. The Hall–Kier alpha value is -3.64. The lowest BCUT2D eigenvalue weighted by Crippen LogP contribution is -2.33. The van der Waals surface area contributed by atoms with Gasteiger partial charge in [-0.3, -0.25) is 0 Å². The van der Waals surface area contributed by atoms with Crippen LogP contribution in [0.3, 0.4) is 0 Å². The summed E-state index contributed by atoms with van der Waals surface area (Å²) in [4.78, 5) is 32.5. The molecule has 0 spiro atoms. The molecule has 8 nitrogen and oxygen atoms in total. The standard InChI is InChI=1S/C29H40N4O4/c1-28(2,3)36-26(34)30-19-11-15-22-13-7-9-17-24(22)32-21-33-25-18-10-8-14-23(25)16-12-20-31-27(35)37-29(4,5)6/h7-10,13-14,17-18H,11-12,15-16,19-20H2,1-6H3,(H,30,34)(H,31,35). The first-order valence-corrected chi connectivity index (χ1v) is 12.7. The fourth-order valence-corrected chi connectivity index (χ4v) is 3.36. The molecule has 0 heterocycles. The van der Waals surface area contributed by atoms with Gasteiger partial charge in [0, 0.05) is 13.1 Å². The van der Waals surface area contributed by atoms with E-state index in [0.29, 0.717) is 13.1 Å². The van der Waals surface area contributed by atoms with E-state index in [4.69, 9.17) is 9.47 Å². The van der Waals surface area contributed by atoms with Gasteiger partial charge in [0.2, 0.25) is 0 Å². The molecule has 0 radical (unpaired) electrons. The maximum Gasteiger partial charge on any atom is 0.407 e. The molecule has 0 atom stereocenters. The smallest absolute Gasteiger partial charge is 0.407 e. The number of hydrogen-bond donors (Lipinski definition) is 2. The lowest BCUT2D eigenvalue weighted by Gasteiger charge is -2.19. The Morgan fingerprint density at radius 2 is 1.08 bits per heavy atom. The van der Waals surface area contributed by atoms with Crippen molar-refractivity contribution in [2.24, 2.45) is 9.98 Å². The van der Waals surface area contributed by atoms with Crippen LogP contribution in [0.5, 0.6) is 0 Å². The van der Waals surface area contributed by atoms with E-state index < -0.39 is 23.4 Å². The second-order valence-corrected chi connectivity index (χ2v) is 10.6. The normalized spacial score (nSPS) is 11.2. The topological polar surface area (TPSA) is 101 Å². The highest BCUT2D eigenvalue weighted by Gasteiger charge is 2.16. The number of nitrogens with zero attached hydrogens (tertiary/aromatic N) is 2. The van der Waals surface area contributed by atoms with Crippen LogP contribution in [0.15, 0.2) is 58.5 Å². The lowest BCUT2D eigenvalue weighted by molar-refractivity contribution is 0.0515. The Bertz CT molecular complexity index is 1010. The quantitative estimate of drug-likeness (QED) is 0.274. The second-order valence-electron chi connectivity index (χ2n) is 10.6. The molecule has 2 amide bonds. The molecule has 37 heavy (non-hydrogen) atoms. The molecule has 8 heteroatoms. The van der Waals surface area contributed by atoms with Crippen LogP contribution in [0.25, 0.3) is 0 Å². The number of alkyl carbamates (subject to hydrolysis) is 2. The fourth-order valence-electron chi connectivity index (χ4n) is 3.36. The van der Waals surface area contributed by atoms with Crippen molar-refractivity contribution in [3.8, 4) is 0 Å². The average Bonchev–Trinajstić information content (AvgIpc) is 2.79. The highest BCUT2D eigenvalue weighted by Crippen LogP contribution is 2.22. The van der Waals surface area contributed by atoms with Crippen molar-refractivity contribution in [1.29, 1.82) is 0 Å². The van der Waals surface area contributed by atoms with E-state index in [-0.39, 0.29) is 0 Å². The fraction of sp³-hybridized carbons (Fsp3) is 0.483. The number of carbonyl (C=O) groups is 2. The minimum Gasteiger partial charge on any atom is -0.444 e. The zero-order chi connectivity index (χ0) is 27.3. The minimum absolute atomic E-state index is 0.412. The van der Waals surface area contributed by atoms with Gasteiger partial charge in [0.15, 0.2) is 0 Å². The van der Waals surface area contributed by atoms with Gasteiger partial charge in [-0.15, -0.1) is 0 Å². The zero-order valence-corrected chi connectivity index (χ0v) is 22.9. The van der Waals surface area contributed by atoms with Crippen LogP contribution in [0.1, 0.15) is 65.5 Å². The number of carbonyl (C=O) groups excluding carboxylic acids is 2. The summed E-state index contributed by atoms with van der Waals surface area (Å²) in [5, 5.41) is 5.56. The van der Waals surface area contributed by atoms with E-state index in [1.54, 1.807) is 0 Å². The number of para-hydroxylation sites is 2. The molecule has 2 aromatic carbocycles. The van der Waals surface area contributed by atoms with Gasteiger partial charge in [0.25, 0.3) is 0 Å². The minimum atomic E-state index is -0.514. The molecular weight excluding hydrogens is 468 g/mol. The SMILES string of the molecule is CC(C)(C)OC(=O)NCCCc1ccccc1N=C=Nc1ccccc1CCCNC(=O)OC(C)(C)C. The summed E-state index contributed by atoms with van der Waals surface area (Å²) in [6.45, 7) is 12.1. The predicted octanol–water partition coefficient (Wildman–Crippen LogP) is 6.74. The number of aryl methyl sites for hydroxylation is 2. The Balaban J connectivity index is 1.92. The van der Waals surface area contributed by atoms with Crippen LogP contribution in [-0.4, -0.2) is 42.5 Å². The third-order valence-corrected chi connectivity index (χ3v) is 4.91. The maximum absolute atomic E-state index is 11.8. The van der Waals surface area contributed by atoms with Crippen molar-refractivity contribution < 1.29 is 19.1 Å². The number of nitrogens with one attached hydrogen (secondary N) is 2. The molecular formula is C29H40N4O4. The number of aliphatic imine (C=N–C) groups is 2. The van der Waals surface area contributed by atoms with Gasteiger partial charge in [-0.1, -0.05) is 36.4 Å². The maximum atomic E-state index is 11.8. The van der Waals surface area contributed by atoms with Crippen LogP contribution >= 0.6 is 0 Å². The van der Waals surface area contributed by atoms with Crippen LogP contribution in [0, 0.1) is 0 Å². The number of rotatable bonds is 10. The van der Waals surface area contributed by atoms with Crippen molar-refractivity contribution in [2.75, 3.05) is 13.1 Å². The first-order chi connectivity index (χ1) is 17.4. The number of benzene rings is 2. The first kappa shape index (κ1) is 29.6. The monoisotopic (exact) mass is 508 g/mol. The Morgan fingerprint density at radius 1 is 0.703 bits per heavy atom. The van der Waals surface area contributed by atoms with Gasteiger partial charge < -0.3 is 20.1 Å². The molecule has 0 aliphatic heterocycles. The molecule has 0 aliphatic rings. The van der Waals surface area contributed by atoms with E-state index in [9.17, 15) is 9.59 Å². The third kappa shape index (κ3) is 12.8. The molecule has 200 valence electrons. The molecule has 0 aromatic heterocycles. The second kappa shape index (κ2) is 14.2. The summed E-state index contributed by atoms with van der Waals surface area (Å²) in [5.74, 6) is 0. The van der Waals surface area contributed by atoms with E-state index in [0.717, 1.165) is 48.2 Å². The summed E-state index contributed by atoms with van der Waals surface area (Å²) in [7, 11) is 0. The molecule has 0 fully saturated rings. The number of hydrogen-bond acceptors (Lipinski definition) is 6. The zero-order valence-electron chi connectivity index (χ0n) is 22.9. The summed E-state index contributed by atoms with van der Waals surface area (Å²) in [5.41, 5.74) is 2.67. The number of ether oxygens (including phenoxy) is 2. The van der Waals surface area contributed by atoms with Crippen LogP contribution < -0.4 is 10.6 Å². The van der Waals surface area contributed by atoms with Gasteiger partial charge in [-0.05, 0) is 90.5 Å². The van der Waals surface area contributed by atoms with Crippen molar-refractivity contribution in [3.63, 3.8) is 0 Å². The van der Waals surface area contributed by atoms with Gasteiger partial charge in [0.05, 0.1) is 11.4 Å². The molecule has 0 saturated carbocycles. The van der Waals surface area contributed by atoms with Crippen molar-refractivity contribution in [3.05, 3.63) is 59.7 Å². The van der Waals surface area contributed by atoms with Crippen molar-refractivity contribution >= 4 is 29.6 Å². The number of amides is 2. The van der Waals surface area contributed by atoms with Crippen molar-refractivity contribution in [1.82, 2.24) is 10.6 Å². The van der Waals surface area contributed by atoms with Crippen molar-refractivity contribution in [2.45, 2.75) is 78.4 Å². The van der Waals surface area contributed by atoms with Gasteiger partial charge in [0.1, 0.15) is 17.2 Å². The van der Waals surface area contributed by atoms with Gasteiger partial charge in [-0.2, -0.15) is 9.98 Å². The summed E-state index contributed by atoms with van der Waals surface area (Å²) < 4.78 is 10.5. The summed E-state index contributed by atoms with van der Waals surface area (Å²) >= 11 is 0. The molecule has 0 aliphatic carbocycles. The molecule has 0 unspecified atom stereocenters. The van der Waals surface area contributed by atoms with E-state index in [2.05, 4.69) is 26.6 Å². The Labute approximate surface area is 220 Å². The third-order valence-electron chi connectivity index (χ3n) is 4.91.